The molecule has 1 aliphatic heterocycles. The standard InChI is InChI=1S/C15H20N2O3/c16-14(12-4-2-1-3-5-12)15(20)17-9-8-11(10-17)6-7-13(18)19/h1-5,11,14H,6-10,16H2,(H,18,19)/t11?,14-/m1/s1. The maximum atomic E-state index is 12.3. The molecule has 108 valence electrons. The largest absolute Gasteiger partial charge is 0.481 e. The van der Waals surface area contributed by atoms with Crippen molar-refractivity contribution in [3.05, 3.63) is 35.9 Å². The van der Waals surface area contributed by atoms with E-state index in [1.165, 1.54) is 0 Å². The molecule has 0 aliphatic carbocycles. The fourth-order valence-electron chi connectivity index (χ4n) is 2.60. The minimum atomic E-state index is -0.782. The Labute approximate surface area is 118 Å². The third-order valence-corrected chi connectivity index (χ3v) is 3.79. The molecule has 1 saturated heterocycles. The minimum absolute atomic E-state index is 0.0750. The molecule has 20 heavy (non-hydrogen) atoms. The number of carbonyl (C=O) groups excluding carboxylic acids is 1. The van der Waals surface area contributed by atoms with Crippen LogP contribution in [0, 0.1) is 5.92 Å². The zero-order valence-corrected chi connectivity index (χ0v) is 11.4. The number of hydrogen-bond donors (Lipinski definition) is 2. The Morgan fingerprint density at radius 2 is 2.05 bits per heavy atom. The molecule has 1 aliphatic rings. The monoisotopic (exact) mass is 276 g/mol. The highest BCUT2D eigenvalue weighted by molar-refractivity contribution is 5.83. The highest BCUT2D eigenvalue weighted by Crippen LogP contribution is 2.23. The predicted octanol–water partition coefficient (Wildman–Crippen LogP) is 1.40. The van der Waals surface area contributed by atoms with Gasteiger partial charge in [0, 0.05) is 19.5 Å². The summed E-state index contributed by atoms with van der Waals surface area (Å²) in [6.45, 7) is 1.29. The second kappa shape index (κ2) is 6.52. The van der Waals surface area contributed by atoms with Gasteiger partial charge in [-0.15, -0.1) is 0 Å². The number of carboxylic acid groups (broad SMARTS) is 1. The molecule has 1 amide bonds. The normalized spacial score (nSPS) is 19.9. The Morgan fingerprint density at radius 3 is 2.70 bits per heavy atom. The number of hydrogen-bond acceptors (Lipinski definition) is 3. The number of amides is 1. The van der Waals surface area contributed by atoms with Crippen molar-refractivity contribution < 1.29 is 14.7 Å². The van der Waals surface area contributed by atoms with Crippen LogP contribution in [0.2, 0.25) is 0 Å². The average Bonchev–Trinajstić information content (AvgIpc) is 2.93. The summed E-state index contributed by atoms with van der Waals surface area (Å²) in [7, 11) is 0. The maximum Gasteiger partial charge on any atom is 0.303 e. The summed E-state index contributed by atoms with van der Waals surface area (Å²) in [6.07, 6.45) is 1.65. The predicted molar refractivity (Wildman–Crippen MR) is 74.9 cm³/mol. The summed E-state index contributed by atoms with van der Waals surface area (Å²) < 4.78 is 0. The van der Waals surface area contributed by atoms with Crippen LogP contribution in [-0.2, 0) is 9.59 Å². The first kappa shape index (κ1) is 14.5. The van der Waals surface area contributed by atoms with Crippen molar-refractivity contribution >= 4 is 11.9 Å². The molecule has 1 aromatic carbocycles. The molecule has 0 radical (unpaired) electrons. The summed E-state index contributed by atoms with van der Waals surface area (Å²) in [5, 5.41) is 8.69. The van der Waals surface area contributed by atoms with E-state index >= 15 is 0 Å². The fraction of sp³-hybridized carbons (Fsp3) is 0.467. The smallest absolute Gasteiger partial charge is 0.303 e. The summed E-state index contributed by atoms with van der Waals surface area (Å²) >= 11 is 0. The van der Waals surface area contributed by atoms with Gasteiger partial charge in [-0.1, -0.05) is 30.3 Å². The van der Waals surface area contributed by atoms with E-state index in [0.717, 1.165) is 12.0 Å². The van der Waals surface area contributed by atoms with Crippen LogP contribution in [0.1, 0.15) is 30.9 Å². The maximum absolute atomic E-state index is 12.3. The van der Waals surface area contributed by atoms with Crippen LogP contribution in [0.3, 0.4) is 0 Å². The van der Waals surface area contributed by atoms with E-state index in [0.29, 0.717) is 19.5 Å². The molecule has 0 spiro atoms. The van der Waals surface area contributed by atoms with E-state index in [4.69, 9.17) is 10.8 Å². The molecule has 2 rings (SSSR count). The second-order valence-corrected chi connectivity index (χ2v) is 5.26. The molecule has 1 unspecified atom stereocenters. The van der Waals surface area contributed by atoms with Gasteiger partial charge in [0.1, 0.15) is 6.04 Å². The van der Waals surface area contributed by atoms with Gasteiger partial charge in [0.25, 0.3) is 0 Å². The van der Waals surface area contributed by atoms with Gasteiger partial charge in [-0.2, -0.15) is 0 Å². The van der Waals surface area contributed by atoms with Crippen molar-refractivity contribution in [3.8, 4) is 0 Å². The van der Waals surface area contributed by atoms with Crippen molar-refractivity contribution in [1.82, 2.24) is 4.90 Å². The van der Waals surface area contributed by atoms with E-state index in [2.05, 4.69) is 0 Å². The molecule has 0 bridgehead atoms. The SMILES string of the molecule is N[C@@H](C(=O)N1CCC(CCC(=O)O)C1)c1ccccc1. The number of likely N-dealkylation sites (tertiary alicyclic amines) is 1. The number of nitrogens with two attached hydrogens (primary N) is 1. The van der Waals surface area contributed by atoms with Crippen LogP contribution >= 0.6 is 0 Å². The van der Waals surface area contributed by atoms with Crippen molar-refractivity contribution in [1.29, 1.82) is 0 Å². The number of carbonyl (C=O) groups is 2. The topological polar surface area (TPSA) is 83.6 Å². The lowest BCUT2D eigenvalue weighted by Crippen LogP contribution is -2.37. The van der Waals surface area contributed by atoms with Crippen LogP contribution in [0.15, 0.2) is 30.3 Å². The summed E-state index contributed by atoms with van der Waals surface area (Å²) in [6, 6.07) is 8.68. The molecular weight excluding hydrogens is 256 g/mol. The first-order valence-electron chi connectivity index (χ1n) is 6.89. The number of aliphatic carboxylic acids is 1. The Kier molecular flexibility index (Phi) is 4.74. The Morgan fingerprint density at radius 1 is 1.35 bits per heavy atom. The minimum Gasteiger partial charge on any atom is -0.481 e. The van der Waals surface area contributed by atoms with Gasteiger partial charge in [-0.25, -0.2) is 0 Å². The van der Waals surface area contributed by atoms with Gasteiger partial charge in [-0.05, 0) is 24.3 Å². The van der Waals surface area contributed by atoms with E-state index < -0.39 is 12.0 Å². The van der Waals surface area contributed by atoms with Gasteiger partial charge >= 0.3 is 5.97 Å². The number of rotatable bonds is 5. The number of carboxylic acids is 1. The first-order chi connectivity index (χ1) is 9.58. The Balaban J connectivity index is 1.89. The zero-order chi connectivity index (χ0) is 14.5. The van der Waals surface area contributed by atoms with Crippen molar-refractivity contribution in [2.24, 2.45) is 11.7 Å². The molecule has 2 atom stereocenters. The van der Waals surface area contributed by atoms with Crippen LogP contribution < -0.4 is 5.73 Å². The second-order valence-electron chi connectivity index (χ2n) is 5.26. The lowest BCUT2D eigenvalue weighted by atomic mass is 10.0. The van der Waals surface area contributed by atoms with Crippen molar-refractivity contribution in [3.63, 3.8) is 0 Å². The average molecular weight is 276 g/mol. The molecule has 0 saturated carbocycles. The van der Waals surface area contributed by atoms with Crippen LogP contribution in [0.5, 0.6) is 0 Å². The third-order valence-electron chi connectivity index (χ3n) is 3.79. The van der Waals surface area contributed by atoms with Gasteiger partial charge < -0.3 is 15.7 Å². The molecule has 0 aromatic heterocycles. The van der Waals surface area contributed by atoms with Crippen LogP contribution in [-0.4, -0.2) is 35.0 Å². The molecule has 1 aromatic rings. The summed E-state index contributed by atoms with van der Waals surface area (Å²) in [5.74, 6) is -0.581. The fourth-order valence-corrected chi connectivity index (χ4v) is 2.60. The van der Waals surface area contributed by atoms with E-state index in [1.54, 1.807) is 4.90 Å². The van der Waals surface area contributed by atoms with Gasteiger partial charge in [-0.3, -0.25) is 9.59 Å². The third kappa shape index (κ3) is 3.57. The Bertz CT molecular complexity index is 475. The summed E-state index contributed by atoms with van der Waals surface area (Å²) in [4.78, 5) is 24.6. The molecule has 1 fully saturated rings. The quantitative estimate of drug-likeness (QED) is 0.851. The van der Waals surface area contributed by atoms with Crippen molar-refractivity contribution in [2.75, 3.05) is 13.1 Å². The lowest BCUT2D eigenvalue weighted by Gasteiger charge is -2.21. The lowest BCUT2D eigenvalue weighted by molar-refractivity contribution is -0.137. The van der Waals surface area contributed by atoms with Gasteiger partial charge in [0.2, 0.25) is 5.91 Å². The zero-order valence-electron chi connectivity index (χ0n) is 11.4. The molecule has 5 nitrogen and oxygen atoms in total. The highest BCUT2D eigenvalue weighted by Gasteiger charge is 2.29. The molecule has 1 heterocycles. The van der Waals surface area contributed by atoms with E-state index in [-0.39, 0.29) is 18.2 Å². The first-order valence-corrected chi connectivity index (χ1v) is 6.89. The van der Waals surface area contributed by atoms with Gasteiger partial charge in [0.05, 0.1) is 0 Å². The van der Waals surface area contributed by atoms with E-state index in [9.17, 15) is 9.59 Å². The van der Waals surface area contributed by atoms with Crippen molar-refractivity contribution in [2.45, 2.75) is 25.3 Å². The molecule has 3 N–H and O–H groups in total. The van der Waals surface area contributed by atoms with Crippen LogP contribution in [0.25, 0.3) is 0 Å². The summed E-state index contributed by atoms with van der Waals surface area (Å²) in [5.41, 5.74) is 6.81. The van der Waals surface area contributed by atoms with Crippen LogP contribution in [0.4, 0.5) is 0 Å². The molecule has 5 heteroatoms. The van der Waals surface area contributed by atoms with Gasteiger partial charge in [0.15, 0.2) is 0 Å². The number of benzene rings is 1. The number of nitrogens with zero attached hydrogens (tertiary/aromatic N) is 1. The molecular formula is C15H20N2O3. The van der Waals surface area contributed by atoms with E-state index in [1.807, 2.05) is 30.3 Å². The highest BCUT2D eigenvalue weighted by atomic mass is 16.4. The Hall–Kier alpha value is -1.88.